The molecule has 0 aliphatic carbocycles. The van der Waals surface area contributed by atoms with Gasteiger partial charge in [0.15, 0.2) is 0 Å². The highest BCUT2D eigenvalue weighted by Crippen LogP contribution is 2.12. The summed E-state index contributed by atoms with van der Waals surface area (Å²) in [5.74, 6) is 1.04. The fourth-order valence-corrected chi connectivity index (χ4v) is 3.27. The second kappa shape index (κ2) is 10.3. The molecule has 3 rings (SSSR count). The van der Waals surface area contributed by atoms with E-state index in [1.807, 2.05) is 42.6 Å². The van der Waals surface area contributed by atoms with E-state index in [-0.39, 0.29) is 18.4 Å². The molecule has 3 aromatic rings. The molecule has 144 valence electrons. The van der Waals surface area contributed by atoms with Gasteiger partial charge in [-0.25, -0.2) is 4.68 Å². The van der Waals surface area contributed by atoms with Crippen molar-refractivity contribution in [3.8, 4) is 5.69 Å². The Labute approximate surface area is 167 Å². The largest absolute Gasteiger partial charge is 0.347 e. The molecule has 0 aliphatic rings. The number of aromatic nitrogens is 3. The fraction of sp³-hybridized carbons (Fsp3) is 0.200. The van der Waals surface area contributed by atoms with Crippen molar-refractivity contribution >= 4 is 29.3 Å². The summed E-state index contributed by atoms with van der Waals surface area (Å²) in [7, 11) is 0. The average molecular weight is 395 g/mol. The lowest BCUT2D eigenvalue weighted by Crippen LogP contribution is -2.33. The number of pyridine rings is 1. The molecule has 0 fully saturated rings. The van der Waals surface area contributed by atoms with Crippen LogP contribution in [0.1, 0.15) is 12.1 Å². The lowest BCUT2D eigenvalue weighted by atomic mass is 10.3. The first-order chi connectivity index (χ1) is 13.7. The number of hydrogen-bond acceptors (Lipinski definition) is 5. The highest BCUT2D eigenvalue weighted by atomic mass is 32.2. The summed E-state index contributed by atoms with van der Waals surface area (Å²) < 4.78 is 1.73. The van der Waals surface area contributed by atoms with Crippen molar-refractivity contribution in [2.24, 2.45) is 0 Å². The van der Waals surface area contributed by atoms with Gasteiger partial charge in [-0.3, -0.25) is 14.6 Å². The van der Waals surface area contributed by atoms with Crippen molar-refractivity contribution in [3.63, 3.8) is 0 Å². The van der Waals surface area contributed by atoms with Crippen LogP contribution in [0, 0.1) is 0 Å². The zero-order valence-electron chi connectivity index (χ0n) is 15.2. The lowest BCUT2D eigenvalue weighted by Gasteiger charge is -2.08. The topological polar surface area (TPSA) is 88.9 Å². The second-order valence-electron chi connectivity index (χ2n) is 5.95. The van der Waals surface area contributed by atoms with Gasteiger partial charge in [-0.05, 0) is 42.5 Å². The Balaban J connectivity index is 1.33. The molecule has 2 N–H and O–H groups in total. The molecule has 0 bridgehead atoms. The second-order valence-corrected chi connectivity index (χ2v) is 7.05. The fourth-order valence-electron chi connectivity index (χ4n) is 2.42. The number of thioether (sulfide) groups is 1. The van der Waals surface area contributed by atoms with Crippen molar-refractivity contribution in [2.75, 3.05) is 17.6 Å². The molecule has 28 heavy (non-hydrogen) atoms. The monoisotopic (exact) mass is 395 g/mol. The Morgan fingerprint density at radius 2 is 1.86 bits per heavy atom. The Bertz CT molecular complexity index is 883. The van der Waals surface area contributed by atoms with E-state index in [2.05, 4.69) is 20.7 Å². The van der Waals surface area contributed by atoms with Gasteiger partial charge in [0.2, 0.25) is 11.8 Å². The van der Waals surface area contributed by atoms with E-state index in [1.54, 1.807) is 41.0 Å². The van der Waals surface area contributed by atoms with Gasteiger partial charge in [0, 0.05) is 42.2 Å². The van der Waals surface area contributed by atoms with Gasteiger partial charge in [0.1, 0.15) is 0 Å². The molecule has 0 spiro atoms. The van der Waals surface area contributed by atoms with Crippen LogP contribution in [0.25, 0.3) is 5.69 Å². The number of nitrogens with one attached hydrogen (secondary N) is 2. The van der Waals surface area contributed by atoms with Gasteiger partial charge in [-0.1, -0.05) is 6.07 Å². The van der Waals surface area contributed by atoms with Gasteiger partial charge >= 0.3 is 0 Å². The van der Waals surface area contributed by atoms with Crippen LogP contribution in [0.3, 0.4) is 0 Å². The van der Waals surface area contributed by atoms with Gasteiger partial charge < -0.3 is 10.6 Å². The Hall–Kier alpha value is -3.13. The van der Waals surface area contributed by atoms with Crippen LogP contribution in [0.2, 0.25) is 0 Å². The number of carbonyl (C=O) groups excluding carboxylic acids is 2. The molecule has 2 amide bonds. The van der Waals surface area contributed by atoms with Crippen molar-refractivity contribution < 1.29 is 9.59 Å². The van der Waals surface area contributed by atoms with E-state index >= 15 is 0 Å². The molecule has 0 aliphatic heterocycles. The summed E-state index contributed by atoms with van der Waals surface area (Å²) in [6, 6.07) is 14.9. The van der Waals surface area contributed by atoms with E-state index < -0.39 is 0 Å². The van der Waals surface area contributed by atoms with Crippen LogP contribution >= 0.6 is 11.8 Å². The van der Waals surface area contributed by atoms with E-state index in [0.29, 0.717) is 17.9 Å². The van der Waals surface area contributed by atoms with Crippen molar-refractivity contribution in [1.82, 2.24) is 20.1 Å². The minimum atomic E-state index is -0.263. The number of hydrogen-bond donors (Lipinski definition) is 2. The summed E-state index contributed by atoms with van der Waals surface area (Å²) in [6.45, 7) is -0.0509. The number of carbonyl (C=O) groups is 2. The quantitative estimate of drug-likeness (QED) is 0.544. The zero-order chi connectivity index (χ0) is 19.6. The molecule has 7 nitrogen and oxygen atoms in total. The van der Waals surface area contributed by atoms with Crippen LogP contribution in [0.15, 0.2) is 67.1 Å². The normalized spacial score (nSPS) is 10.4. The minimum absolute atomic E-state index is 0.0509. The number of nitrogens with zero attached hydrogens (tertiary/aromatic N) is 3. The van der Waals surface area contributed by atoms with E-state index in [9.17, 15) is 9.59 Å². The molecule has 0 saturated carbocycles. The van der Waals surface area contributed by atoms with Crippen molar-refractivity contribution in [3.05, 3.63) is 72.8 Å². The summed E-state index contributed by atoms with van der Waals surface area (Å²) in [5.41, 5.74) is 2.56. The molecule has 0 saturated heterocycles. The highest BCUT2D eigenvalue weighted by Gasteiger charge is 2.07. The number of amides is 2. The Kier molecular flexibility index (Phi) is 7.20. The Morgan fingerprint density at radius 1 is 1.00 bits per heavy atom. The highest BCUT2D eigenvalue weighted by molar-refractivity contribution is 7.98. The molecular formula is C20H21N5O2S. The first kappa shape index (κ1) is 19.6. The molecule has 0 atom stereocenters. The third kappa shape index (κ3) is 6.24. The van der Waals surface area contributed by atoms with Gasteiger partial charge in [-0.2, -0.15) is 16.9 Å². The van der Waals surface area contributed by atoms with Crippen molar-refractivity contribution in [1.29, 1.82) is 0 Å². The maximum atomic E-state index is 12.0. The minimum Gasteiger partial charge on any atom is -0.347 e. The number of benzene rings is 1. The number of rotatable bonds is 9. The van der Waals surface area contributed by atoms with Gasteiger partial charge in [-0.15, -0.1) is 0 Å². The maximum Gasteiger partial charge on any atom is 0.243 e. The molecule has 0 radical (unpaired) electrons. The molecule has 1 aromatic carbocycles. The summed E-state index contributed by atoms with van der Waals surface area (Å²) in [6.07, 6.45) is 5.67. The smallest absolute Gasteiger partial charge is 0.243 e. The van der Waals surface area contributed by atoms with Crippen LogP contribution in [-0.4, -0.2) is 38.9 Å². The standard InChI is InChI=1S/C20H21N5O2S/c26-19(9-13-28-15-17-4-1-2-10-21-17)22-14-20(27)24-16-5-7-18(8-6-16)25-12-3-11-23-25/h1-8,10-12H,9,13-15H2,(H,22,26)(H,24,27). The summed E-state index contributed by atoms with van der Waals surface area (Å²) in [5, 5.41) is 9.55. The van der Waals surface area contributed by atoms with Crippen LogP contribution in [0.4, 0.5) is 5.69 Å². The molecular weight excluding hydrogens is 374 g/mol. The predicted octanol–water partition coefficient (Wildman–Crippen LogP) is 2.65. The number of anilines is 1. The van der Waals surface area contributed by atoms with Crippen molar-refractivity contribution in [2.45, 2.75) is 12.2 Å². The lowest BCUT2D eigenvalue weighted by molar-refractivity contribution is -0.123. The summed E-state index contributed by atoms with van der Waals surface area (Å²) >= 11 is 1.64. The molecule has 2 aromatic heterocycles. The van der Waals surface area contributed by atoms with Crippen LogP contribution < -0.4 is 10.6 Å². The Morgan fingerprint density at radius 3 is 2.57 bits per heavy atom. The SMILES string of the molecule is O=C(CCSCc1ccccn1)NCC(=O)Nc1ccc(-n2cccn2)cc1. The van der Waals surface area contributed by atoms with E-state index in [1.165, 1.54) is 0 Å². The van der Waals surface area contributed by atoms with E-state index in [4.69, 9.17) is 0 Å². The molecule has 0 unspecified atom stereocenters. The first-order valence-corrected chi connectivity index (χ1v) is 10.0. The summed E-state index contributed by atoms with van der Waals surface area (Å²) in [4.78, 5) is 28.1. The average Bonchev–Trinajstić information content (AvgIpc) is 3.26. The first-order valence-electron chi connectivity index (χ1n) is 8.85. The van der Waals surface area contributed by atoms with Crippen LogP contribution in [-0.2, 0) is 15.3 Å². The predicted molar refractivity (Wildman–Crippen MR) is 110 cm³/mol. The van der Waals surface area contributed by atoms with Gasteiger partial charge in [0.25, 0.3) is 0 Å². The third-order valence-corrected chi connectivity index (χ3v) is 4.81. The molecule has 8 heteroatoms. The third-order valence-electron chi connectivity index (χ3n) is 3.82. The molecule has 2 heterocycles. The zero-order valence-corrected chi connectivity index (χ0v) is 16.1. The van der Waals surface area contributed by atoms with E-state index in [0.717, 1.165) is 17.1 Å². The maximum absolute atomic E-state index is 12.0. The van der Waals surface area contributed by atoms with Crippen LogP contribution in [0.5, 0.6) is 0 Å². The van der Waals surface area contributed by atoms with Gasteiger partial charge in [0.05, 0.1) is 17.9 Å².